The zero-order valence-electron chi connectivity index (χ0n) is 28.1. The van der Waals surface area contributed by atoms with Gasteiger partial charge in [-0.2, -0.15) is 0 Å². The molecule has 0 aliphatic carbocycles. The molecule has 2 aromatic carbocycles. The van der Waals surface area contributed by atoms with E-state index in [0.29, 0.717) is 42.0 Å². The van der Waals surface area contributed by atoms with Crippen LogP contribution in [0.25, 0.3) is 0 Å². The second-order valence-corrected chi connectivity index (χ2v) is 14.6. The van der Waals surface area contributed by atoms with E-state index in [1.807, 2.05) is 30.3 Å². The minimum Gasteiger partial charge on any atom is -0.455 e. The minimum atomic E-state index is -1.28. The molecule has 0 saturated carbocycles. The Balaban J connectivity index is 1.47. The molecule has 3 heterocycles. The molecule has 3 aliphatic rings. The number of nitrogens with one attached hydrogen (secondary N) is 1. The number of carbonyl (C=O) groups is 4. The number of fused-ring (bicyclic) bond motifs is 1. The molecule has 10 nitrogen and oxygen atoms in total. The average molecular weight is 771 g/mol. The summed E-state index contributed by atoms with van der Waals surface area (Å²) in [6.07, 6.45) is 5.67. The number of alkyl halides is 1. The first-order valence-electron chi connectivity index (χ1n) is 17.2. The van der Waals surface area contributed by atoms with Crippen LogP contribution in [0.1, 0.15) is 56.6 Å². The molecule has 2 bridgehead atoms. The van der Waals surface area contributed by atoms with Crippen LogP contribution in [0.4, 0.5) is 5.69 Å². The Morgan fingerprint density at radius 2 is 1.82 bits per heavy atom. The number of halogens is 2. The van der Waals surface area contributed by atoms with Gasteiger partial charge < -0.3 is 29.7 Å². The van der Waals surface area contributed by atoms with Gasteiger partial charge in [-0.25, -0.2) is 0 Å². The van der Waals surface area contributed by atoms with Gasteiger partial charge in [-0.15, -0.1) is 13.2 Å². The Hall–Kier alpha value is -3.51. The van der Waals surface area contributed by atoms with Gasteiger partial charge in [0.25, 0.3) is 5.91 Å². The largest absolute Gasteiger partial charge is 0.455 e. The van der Waals surface area contributed by atoms with Gasteiger partial charge in [0.2, 0.25) is 11.8 Å². The Morgan fingerprint density at radius 1 is 1.10 bits per heavy atom. The summed E-state index contributed by atoms with van der Waals surface area (Å²) in [7, 11) is 0. The molecular formula is C38H45BrClN3O7. The standard InChI is InChI=1S/C38H45BrClN3O7/c1-3-5-15-30(45)41-24-29(25-13-9-8-10-14-25)49-37(48)31-32-35(46)43(21-11-6-7-12-22-44)34(38(32)23-28(39)33(31)50-38)36(47)42(20-4-2)27-18-16-26(40)17-19-27/h3-4,8-10,13-14,16-19,28-29,31-34,44H,1-2,5-7,11-12,15,20-24H2,(H,41,45)/t28?,29-,31-,32+,33-,34-,38+/m0/s1. The van der Waals surface area contributed by atoms with Crippen LogP contribution < -0.4 is 10.2 Å². The number of hydrogen-bond acceptors (Lipinski definition) is 7. The number of ether oxygens (including phenoxy) is 2. The van der Waals surface area contributed by atoms with Crippen LogP contribution in [0.2, 0.25) is 5.02 Å². The highest BCUT2D eigenvalue weighted by Crippen LogP contribution is 2.60. The van der Waals surface area contributed by atoms with Crippen molar-refractivity contribution < 1.29 is 33.8 Å². The predicted molar refractivity (Wildman–Crippen MR) is 195 cm³/mol. The first-order chi connectivity index (χ1) is 24.2. The fourth-order valence-corrected chi connectivity index (χ4v) is 8.60. The number of amides is 3. The summed E-state index contributed by atoms with van der Waals surface area (Å²) < 4.78 is 12.9. The maximum atomic E-state index is 14.8. The van der Waals surface area contributed by atoms with Crippen molar-refractivity contribution in [2.75, 3.05) is 31.1 Å². The van der Waals surface area contributed by atoms with Gasteiger partial charge in [0.15, 0.2) is 0 Å². The number of anilines is 1. The lowest BCUT2D eigenvalue weighted by Crippen LogP contribution is -2.57. The van der Waals surface area contributed by atoms with Crippen LogP contribution >= 0.6 is 27.5 Å². The molecule has 2 N–H and O–H groups in total. The van der Waals surface area contributed by atoms with Gasteiger partial charge in [0, 0.05) is 41.7 Å². The normalized spacial score (nSPS) is 25.5. The predicted octanol–water partition coefficient (Wildman–Crippen LogP) is 5.53. The summed E-state index contributed by atoms with van der Waals surface area (Å²) in [4.78, 5) is 59.0. The zero-order valence-corrected chi connectivity index (χ0v) is 30.4. The summed E-state index contributed by atoms with van der Waals surface area (Å²) >= 11 is 9.90. The number of aliphatic hydroxyl groups excluding tert-OH is 1. The first-order valence-corrected chi connectivity index (χ1v) is 18.5. The van der Waals surface area contributed by atoms with Crippen molar-refractivity contribution in [3.63, 3.8) is 0 Å². The van der Waals surface area contributed by atoms with Crippen LogP contribution in [-0.2, 0) is 28.7 Å². The molecule has 268 valence electrons. The van der Waals surface area contributed by atoms with Crippen LogP contribution in [0.3, 0.4) is 0 Å². The molecule has 0 aromatic heterocycles. The summed E-state index contributed by atoms with van der Waals surface area (Å²) in [5, 5.41) is 12.6. The van der Waals surface area contributed by atoms with E-state index >= 15 is 0 Å². The Kier molecular flexibility index (Phi) is 12.9. The van der Waals surface area contributed by atoms with Crippen LogP contribution in [0, 0.1) is 11.8 Å². The SMILES string of the molecule is C=CCCC(=O)NC[C@H](OC(=O)[C@@H]1[C@H]2O[C@@]3(CC2Br)[C@H](C(=O)N(CC=C)c2ccc(Cl)cc2)N(CCCCCCO)C(=O)[C@@H]13)c1ccccc1. The van der Waals surface area contributed by atoms with Crippen LogP contribution in [0.5, 0.6) is 0 Å². The Labute approximate surface area is 306 Å². The fourth-order valence-electron chi connectivity index (χ4n) is 7.53. The number of hydrogen-bond donors (Lipinski definition) is 2. The zero-order chi connectivity index (χ0) is 35.8. The number of esters is 1. The molecule has 50 heavy (non-hydrogen) atoms. The van der Waals surface area contributed by atoms with Gasteiger partial charge in [-0.3, -0.25) is 19.2 Å². The lowest BCUT2D eigenvalue weighted by atomic mass is 9.70. The highest BCUT2D eigenvalue weighted by atomic mass is 79.9. The smallest absolute Gasteiger partial charge is 0.313 e. The lowest BCUT2D eigenvalue weighted by Gasteiger charge is -2.37. The number of unbranched alkanes of at least 4 members (excludes halogenated alkanes) is 3. The maximum absolute atomic E-state index is 14.8. The molecular weight excluding hydrogens is 726 g/mol. The molecule has 3 aliphatic heterocycles. The number of carbonyl (C=O) groups excluding carboxylic acids is 4. The van der Waals surface area contributed by atoms with Gasteiger partial charge >= 0.3 is 5.97 Å². The second-order valence-electron chi connectivity index (χ2n) is 13.0. The van der Waals surface area contributed by atoms with E-state index in [1.54, 1.807) is 46.2 Å². The monoisotopic (exact) mass is 769 g/mol. The molecule has 3 fully saturated rings. The van der Waals surface area contributed by atoms with Crippen LogP contribution in [0.15, 0.2) is 79.9 Å². The van der Waals surface area contributed by atoms with Crippen molar-refractivity contribution in [3.05, 3.63) is 90.5 Å². The molecule has 0 radical (unpaired) electrons. The summed E-state index contributed by atoms with van der Waals surface area (Å²) in [6.45, 7) is 8.13. The third kappa shape index (κ3) is 7.86. The van der Waals surface area contributed by atoms with Crippen molar-refractivity contribution in [1.82, 2.24) is 10.2 Å². The van der Waals surface area contributed by atoms with Crippen molar-refractivity contribution >= 4 is 56.9 Å². The molecule has 5 rings (SSSR count). The summed E-state index contributed by atoms with van der Waals surface area (Å²) in [6, 6.07) is 15.0. The highest BCUT2D eigenvalue weighted by molar-refractivity contribution is 9.09. The minimum absolute atomic E-state index is 0.0458. The molecule has 1 unspecified atom stereocenters. The number of nitrogens with zero attached hydrogens (tertiary/aromatic N) is 2. The lowest BCUT2D eigenvalue weighted by molar-refractivity contribution is -0.160. The van der Waals surface area contributed by atoms with E-state index in [2.05, 4.69) is 34.4 Å². The molecule has 3 amide bonds. The van der Waals surface area contributed by atoms with E-state index in [0.717, 1.165) is 12.8 Å². The summed E-state index contributed by atoms with van der Waals surface area (Å²) in [5.74, 6) is -3.41. The van der Waals surface area contributed by atoms with Gasteiger partial charge in [-0.1, -0.05) is 82.9 Å². The van der Waals surface area contributed by atoms with Crippen LogP contribution in [-0.4, -0.2) is 82.5 Å². The molecule has 12 heteroatoms. The molecule has 2 aromatic rings. The Morgan fingerprint density at radius 3 is 2.50 bits per heavy atom. The van der Waals surface area contributed by atoms with E-state index in [9.17, 15) is 24.3 Å². The van der Waals surface area contributed by atoms with Crippen molar-refractivity contribution in [3.8, 4) is 0 Å². The number of aliphatic hydroxyl groups is 1. The number of rotatable bonds is 18. The Bertz CT molecular complexity index is 1540. The van der Waals surface area contributed by atoms with E-state index in [-0.39, 0.29) is 55.2 Å². The molecule has 1 spiro atoms. The molecule has 3 saturated heterocycles. The quantitative estimate of drug-likeness (QED) is 0.0885. The number of allylic oxidation sites excluding steroid dienone is 1. The third-order valence-electron chi connectivity index (χ3n) is 9.81. The second kappa shape index (κ2) is 17.1. The molecule has 7 atom stereocenters. The van der Waals surface area contributed by atoms with E-state index in [4.69, 9.17) is 21.1 Å². The first kappa shape index (κ1) is 37.7. The van der Waals surface area contributed by atoms with Gasteiger partial charge in [0.1, 0.15) is 17.7 Å². The van der Waals surface area contributed by atoms with E-state index in [1.165, 1.54) is 0 Å². The number of benzene rings is 2. The van der Waals surface area contributed by atoms with Crippen molar-refractivity contribution in [2.24, 2.45) is 11.8 Å². The van der Waals surface area contributed by atoms with Gasteiger partial charge in [0.05, 0.1) is 24.5 Å². The highest BCUT2D eigenvalue weighted by Gasteiger charge is 2.77. The number of likely N-dealkylation sites (tertiary alicyclic amines) is 1. The van der Waals surface area contributed by atoms with Crippen molar-refractivity contribution in [1.29, 1.82) is 0 Å². The van der Waals surface area contributed by atoms with Crippen molar-refractivity contribution in [2.45, 2.75) is 73.6 Å². The topological polar surface area (TPSA) is 125 Å². The fraction of sp³-hybridized carbons (Fsp3) is 0.474. The average Bonchev–Trinajstić information content (AvgIpc) is 3.71. The van der Waals surface area contributed by atoms with E-state index < -0.39 is 41.7 Å². The third-order valence-corrected chi connectivity index (χ3v) is 10.9. The maximum Gasteiger partial charge on any atom is 0.313 e. The van der Waals surface area contributed by atoms with Gasteiger partial charge in [-0.05, 0) is 55.5 Å². The summed E-state index contributed by atoms with van der Waals surface area (Å²) in [5.41, 5.74) is 0.000951.